The fraction of sp³-hybridized carbons (Fsp3) is 0.250. The van der Waals surface area contributed by atoms with E-state index in [1.54, 1.807) is 31.2 Å². The van der Waals surface area contributed by atoms with Crippen molar-refractivity contribution in [2.75, 3.05) is 13.2 Å². The molecule has 0 aliphatic carbocycles. The number of hydrogen-bond acceptors (Lipinski definition) is 4. The molecular formula is C12H11NO4. The van der Waals surface area contributed by atoms with E-state index >= 15 is 0 Å². The molecule has 17 heavy (non-hydrogen) atoms. The van der Waals surface area contributed by atoms with Gasteiger partial charge in [0.2, 0.25) is 5.90 Å². The third-order valence-electron chi connectivity index (χ3n) is 2.22. The molecule has 0 atom stereocenters. The highest BCUT2D eigenvalue weighted by Crippen LogP contribution is 2.18. The standard InChI is InChI=1S/C12H11NO4/c1-2-16-10(14)7-17-12-9-6-4-3-5-8(9)11(15)13-12/h3-6H,2,7H2,1H3. The highest BCUT2D eigenvalue weighted by atomic mass is 16.6. The molecule has 1 aromatic rings. The molecule has 0 radical (unpaired) electrons. The van der Waals surface area contributed by atoms with Gasteiger partial charge in [0.05, 0.1) is 12.2 Å². The zero-order valence-electron chi connectivity index (χ0n) is 9.30. The predicted octanol–water partition coefficient (Wildman–Crippen LogP) is 1.17. The molecule has 1 aliphatic heterocycles. The van der Waals surface area contributed by atoms with Crippen LogP contribution in [-0.2, 0) is 14.3 Å². The van der Waals surface area contributed by atoms with E-state index in [4.69, 9.17) is 9.47 Å². The largest absolute Gasteiger partial charge is 0.465 e. The number of rotatable bonds is 3. The average Bonchev–Trinajstić information content (AvgIpc) is 2.65. The van der Waals surface area contributed by atoms with Crippen molar-refractivity contribution in [3.05, 3.63) is 35.4 Å². The number of fused-ring (bicyclic) bond motifs is 1. The number of carbonyl (C=O) groups excluding carboxylic acids is 2. The maximum Gasteiger partial charge on any atom is 0.344 e. The number of esters is 1. The second kappa shape index (κ2) is 4.78. The molecule has 0 saturated carbocycles. The van der Waals surface area contributed by atoms with Crippen LogP contribution < -0.4 is 0 Å². The quantitative estimate of drug-likeness (QED) is 0.735. The molecule has 5 nitrogen and oxygen atoms in total. The number of ether oxygens (including phenoxy) is 2. The fourth-order valence-corrected chi connectivity index (χ4v) is 1.51. The van der Waals surface area contributed by atoms with Gasteiger partial charge in [-0.25, -0.2) is 4.79 Å². The van der Waals surface area contributed by atoms with Crippen molar-refractivity contribution in [1.29, 1.82) is 0 Å². The minimum Gasteiger partial charge on any atom is -0.465 e. The lowest BCUT2D eigenvalue weighted by atomic mass is 10.1. The van der Waals surface area contributed by atoms with E-state index in [0.29, 0.717) is 17.7 Å². The molecule has 0 unspecified atom stereocenters. The first kappa shape index (κ1) is 11.3. The molecule has 0 aromatic heterocycles. The number of hydrogen-bond donors (Lipinski definition) is 0. The molecule has 2 rings (SSSR count). The monoisotopic (exact) mass is 233 g/mol. The van der Waals surface area contributed by atoms with E-state index in [1.165, 1.54) is 0 Å². The summed E-state index contributed by atoms with van der Waals surface area (Å²) >= 11 is 0. The minimum absolute atomic E-state index is 0.179. The van der Waals surface area contributed by atoms with Gasteiger partial charge >= 0.3 is 5.97 Å². The minimum atomic E-state index is -0.480. The van der Waals surface area contributed by atoms with Crippen LogP contribution in [0, 0.1) is 0 Å². The van der Waals surface area contributed by atoms with Crippen LogP contribution in [0.4, 0.5) is 0 Å². The Labute approximate surface area is 98.1 Å². The van der Waals surface area contributed by atoms with Gasteiger partial charge in [-0.15, -0.1) is 0 Å². The van der Waals surface area contributed by atoms with E-state index in [0.717, 1.165) is 0 Å². The van der Waals surface area contributed by atoms with Gasteiger partial charge in [-0.1, -0.05) is 12.1 Å². The van der Waals surface area contributed by atoms with E-state index in [-0.39, 0.29) is 18.4 Å². The zero-order chi connectivity index (χ0) is 12.3. The van der Waals surface area contributed by atoms with E-state index in [9.17, 15) is 9.59 Å². The highest BCUT2D eigenvalue weighted by molar-refractivity contribution is 6.18. The number of benzene rings is 1. The first-order valence-electron chi connectivity index (χ1n) is 5.23. The lowest BCUT2D eigenvalue weighted by Crippen LogP contribution is -2.16. The maximum atomic E-state index is 11.5. The predicted molar refractivity (Wildman–Crippen MR) is 59.9 cm³/mol. The lowest BCUT2D eigenvalue weighted by molar-refractivity contribution is -0.145. The summed E-state index contributed by atoms with van der Waals surface area (Å²) in [5.41, 5.74) is 1.10. The molecule has 5 heteroatoms. The zero-order valence-corrected chi connectivity index (χ0v) is 9.30. The molecule has 1 aliphatic rings. The smallest absolute Gasteiger partial charge is 0.344 e. The number of carbonyl (C=O) groups is 2. The van der Waals surface area contributed by atoms with Crippen LogP contribution in [0.5, 0.6) is 0 Å². The summed E-state index contributed by atoms with van der Waals surface area (Å²) in [6.07, 6.45) is 0. The van der Waals surface area contributed by atoms with Crippen LogP contribution in [0.3, 0.4) is 0 Å². The van der Waals surface area contributed by atoms with Gasteiger partial charge in [-0.2, -0.15) is 4.99 Å². The van der Waals surface area contributed by atoms with Gasteiger partial charge in [-0.05, 0) is 19.1 Å². The van der Waals surface area contributed by atoms with Crippen LogP contribution in [0.25, 0.3) is 0 Å². The Morgan fingerprint density at radius 1 is 1.29 bits per heavy atom. The van der Waals surface area contributed by atoms with Gasteiger partial charge in [0.1, 0.15) is 0 Å². The van der Waals surface area contributed by atoms with Crippen molar-refractivity contribution < 1.29 is 19.1 Å². The van der Waals surface area contributed by atoms with Gasteiger partial charge in [0.15, 0.2) is 6.61 Å². The average molecular weight is 233 g/mol. The second-order valence-corrected chi connectivity index (χ2v) is 3.36. The first-order chi connectivity index (χ1) is 8.22. The summed E-state index contributed by atoms with van der Waals surface area (Å²) < 4.78 is 9.88. The van der Waals surface area contributed by atoms with Crippen molar-refractivity contribution in [3.63, 3.8) is 0 Å². The van der Waals surface area contributed by atoms with E-state index in [1.807, 2.05) is 0 Å². The van der Waals surface area contributed by atoms with Gasteiger partial charge in [0, 0.05) is 5.56 Å². The summed E-state index contributed by atoms with van der Waals surface area (Å²) in [6.45, 7) is 1.77. The molecule has 0 spiro atoms. The Bertz CT molecular complexity index is 493. The van der Waals surface area contributed by atoms with Crippen LogP contribution in [-0.4, -0.2) is 31.0 Å². The number of amides is 1. The van der Waals surface area contributed by atoms with Crippen molar-refractivity contribution >= 4 is 17.8 Å². The summed E-state index contributed by atoms with van der Waals surface area (Å²) in [5.74, 6) is -0.648. The fourth-order valence-electron chi connectivity index (χ4n) is 1.51. The van der Waals surface area contributed by atoms with Gasteiger partial charge in [-0.3, -0.25) is 4.79 Å². The Morgan fingerprint density at radius 2 is 2.00 bits per heavy atom. The Kier molecular flexibility index (Phi) is 3.18. The van der Waals surface area contributed by atoms with Crippen molar-refractivity contribution in [3.8, 4) is 0 Å². The summed E-state index contributed by atoms with van der Waals surface area (Å²) in [5, 5.41) is 0. The molecular weight excluding hydrogens is 222 g/mol. The molecule has 1 amide bonds. The molecule has 0 bridgehead atoms. The third-order valence-corrected chi connectivity index (χ3v) is 2.22. The molecule has 1 heterocycles. The highest BCUT2D eigenvalue weighted by Gasteiger charge is 2.24. The Morgan fingerprint density at radius 3 is 2.71 bits per heavy atom. The number of aliphatic imine (C=N–C) groups is 1. The van der Waals surface area contributed by atoms with Crippen LogP contribution in [0.2, 0.25) is 0 Å². The third kappa shape index (κ3) is 2.33. The Balaban J connectivity index is 2.07. The summed E-state index contributed by atoms with van der Waals surface area (Å²) in [6, 6.07) is 6.92. The van der Waals surface area contributed by atoms with Gasteiger partial charge in [0.25, 0.3) is 5.91 Å². The van der Waals surface area contributed by atoms with Crippen LogP contribution >= 0.6 is 0 Å². The maximum absolute atomic E-state index is 11.5. The second-order valence-electron chi connectivity index (χ2n) is 3.36. The molecule has 88 valence electrons. The van der Waals surface area contributed by atoms with Gasteiger partial charge < -0.3 is 9.47 Å². The molecule has 0 saturated heterocycles. The van der Waals surface area contributed by atoms with Crippen molar-refractivity contribution in [1.82, 2.24) is 0 Å². The van der Waals surface area contributed by atoms with E-state index < -0.39 is 5.97 Å². The van der Waals surface area contributed by atoms with Crippen molar-refractivity contribution in [2.45, 2.75) is 6.92 Å². The van der Waals surface area contributed by atoms with Crippen LogP contribution in [0.15, 0.2) is 29.3 Å². The molecule has 0 N–H and O–H groups in total. The first-order valence-corrected chi connectivity index (χ1v) is 5.23. The topological polar surface area (TPSA) is 65.0 Å². The normalized spacial score (nSPS) is 13.0. The van der Waals surface area contributed by atoms with Crippen LogP contribution in [0.1, 0.15) is 22.8 Å². The number of nitrogens with zero attached hydrogens (tertiary/aromatic N) is 1. The SMILES string of the molecule is CCOC(=O)COC1=NC(=O)c2ccccc21. The van der Waals surface area contributed by atoms with Crippen molar-refractivity contribution in [2.24, 2.45) is 4.99 Å². The lowest BCUT2D eigenvalue weighted by Gasteiger charge is -2.05. The molecule has 1 aromatic carbocycles. The molecule has 0 fully saturated rings. The van der Waals surface area contributed by atoms with E-state index in [2.05, 4.69) is 4.99 Å². The summed E-state index contributed by atoms with van der Waals surface area (Å²) in [7, 11) is 0. The summed E-state index contributed by atoms with van der Waals surface area (Å²) in [4.78, 5) is 26.3. The Hall–Kier alpha value is -2.17.